The van der Waals surface area contributed by atoms with Gasteiger partial charge in [0.25, 0.3) is 0 Å². The van der Waals surface area contributed by atoms with Crippen LogP contribution >= 0.6 is 12.4 Å². The third-order valence-electron chi connectivity index (χ3n) is 3.65. The summed E-state index contributed by atoms with van der Waals surface area (Å²) in [7, 11) is 0. The van der Waals surface area contributed by atoms with E-state index in [1.54, 1.807) is 0 Å². The first-order chi connectivity index (χ1) is 6.36. The summed E-state index contributed by atoms with van der Waals surface area (Å²) >= 11 is 0. The highest BCUT2D eigenvalue weighted by molar-refractivity contribution is 5.85. The molecule has 0 bridgehead atoms. The Balaban J connectivity index is 0.000000980. The van der Waals surface area contributed by atoms with Crippen LogP contribution in [0.5, 0.6) is 0 Å². The maximum absolute atomic E-state index is 5.91. The number of halogens is 1. The van der Waals surface area contributed by atoms with Crippen molar-refractivity contribution in [1.29, 1.82) is 0 Å². The van der Waals surface area contributed by atoms with Crippen LogP contribution in [0.4, 0.5) is 0 Å². The van der Waals surface area contributed by atoms with Crippen molar-refractivity contribution in [3.63, 3.8) is 0 Å². The number of piperidine rings is 1. The number of hydrogen-bond donors (Lipinski definition) is 1. The van der Waals surface area contributed by atoms with Gasteiger partial charge in [-0.3, -0.25) is 0 Å². The summed E-state index contributed by atoms with van der Waals surface area (Å²) < 4.78 is 0. The molecule has 2 fully saturated rings. The molecule has 1 saturated heterocycles. The predicted octanol–water partition coefficient (Wildman–Crippen LogP) is 2.16. The molecule has 0 atom stereocenters. The van der Waals surface area contributed by atoms with E-state index in [1.165, 1.54) is 58.0 Å². The van der Waals surface area contributed by atoms with E-state index in [2.05, 4.69) is 4.90 Å². The number of nitrogens with two attached hydrogens (primary N) is 1. The molecule has 0 unspecified atom stereocenters. The molecule has 0 aromatic heterocycles. The molecular weight excluding hydrogens is 196 g/mol. The Morgan fingerprint density at radius 2 is 1.43 bits per heavy atom. The molecule has 3 heteroatoms. The van der Waals surface area contributed by atoms with Gasteiger partial charge in [0.2, 0.25) is 0 Å². The lowest BCUT2D eigenvalue weighted by molar-refractivity contribution is 0.125. The SMILES string of the molecule is Cl.NC1CCC(N2CCCCC2)CC1. The maximum atomic E-state index is 5.91. The zero-order valence-electron chi connectivity index (χ0n) is 8.95. The summed E-state index contributed by atoms with van der Waals surface area (Å²) in [4.78, 5) is 2.70. The first kappa shape index (κ1) is 12.3. The molecule has 0 aromatic rings. The lowest BCUT2D eigenvalue weighted by Crippen LogP contribution is -2.43. The van der Waals surface area contributed by atoms with E-state index >= 15 is 0 Å². The standard InChI is InChI=1S/C11H22N2.ClH/c12-10-4-6-11(7-5-10)13-8-2-1-3-9-13;/h10-11H,1-9,12H2;1H. The molecule has 1 heterocycles. The fourth-order valence-electron chi connectivity index (χ4n) is 2.75. The largest absolute Gasteiger partial charge is 0.328 e. The van der Waals surface area contributed by atoms with Gasteiger partial charge in [0.1, 0.15) is 0 Å². The smallest absolute Gasteiger partial charge is 0.00964 e. The molecule has 1 aliphatic carbocycles. The maximum Gasteiger partial charge on any atom is 0.00964 e. The molecule has 0 aromatic carbocycles. The lowest BCUT2D eigenvalue weighted by atomic mass is 9.90. The van der Waals surface area contributed by atoms with Crippen LogP contribution in [-0.2, 0) is 0 Å². The molecule has 2 aliphatic rings. The highest BCUT2D eigenvalue weighted by atomic mass is 35.5. The Morgan fingerprint density at radius 1 is 0.857 bits per heavy atom. The van der Waals surface area contributed by atoms with Gasteiger partial charge in [0, 0.05) is 12.1 Å². The predicted molar refractivity (Wildman–Crippen MR) is 62.9 cm³/mol. The van der Waals surface area contributed by atoms with Gasteiger partial charge in [0.15, 0.2) is 0 Å². The van der Waals surface area contributed by atoms with E-state index in [1.807, 2.05) is 0 Å². The molecule has 84 valence electrons. The van der Waals surface area contributed by atoms with Gasteiger partial charge in [-0.1, -0.05) is 6.42 Å². The van der Waals surface area contributed by atoms with Crippen LogP contribution in [0.3, 0.4) is 0 Å². The summed E-state index contributed by atoms with van der Waals surface area (Å²) in [6.45, 7) is 2.69. The van der Waals surface area contributed by atoms with Crippen molar-refractivity contribution >= 4 is 12.4 Å². The number of rotatable bonds is 1. The molecule has 0 spiro atoms. The minimum Gasteiger partial charge on any atom is -0.328 e. The minimum atomic E-state index is 0. The second-order valence-corrected chi connectivity index (χ2v) is 4.67. The Hall–Kier alpha value is 0.210. The summed E-state index contributed by atoms with van der Waals surface area (Å²) in [5.41, 5.74) is 5.91. The number of likely N-dealkylation sites (tertiary alicyclic amines) is 1. The van der Waals surface area contributed by atoms with Crippen molar-refractivity contribution in [3.05, 3.63) is 0 Å². The molecule has 2 rings (SSSR count). The molecule has 2 N–H and O–H groups in total. The summed E-state index contributed by atoms with van der Waals surface area (Å²) in [6.07, 6.45) is 9.48. The van der Waals surface area contributed by atoms with E-state index < -0.39 is 0 Å². The normalized spacial score (nSPS) is 34.9. The topological polar surface area (TPSA) is 29.3 Å². The number of hydrogen-bond acceptors (Lipinski definition) is 2. The average Bonchev–Trinajstić information content (AvgIpc) is 2.20. The van der Waals surface area contributed by atoms with Crippen LogP contribution in [0.1, 0.15) is 44.9 Å². The Bertz CT molecular complexity index is 149. The summed E-state index contributed by atoms with van der Waals surface area (Å²) in [5, 5.41) is 0. The Kier molecular flexibility index (Phi) is 5.21. The van der Waals surface area contributed by atoms with Gasteiger partial charge in [0.05, 0.1) is 0 Å². The zero-order chi connectivity index (χ0) is 9.10. The highest BCUT2D eigenvalue weighted by Crippen LogP contribution is 2.24. The average molecular weight is 219 g/mol. The van der Waals surface area contributed by atoms with Gasteiger partial charge in [-0.2, -0.15) is 0 Å². The molecule has 14 heavy (non-hydrogen) atoms. The third kappa shape index (κ3) is 3.11. The van der Waals surface area contributed by atoms with Crippen molar-refractivity contribution in [2.75, 3.05) is 13.1 Å². The molecule has 1 aliphatic heterocycles. The van der Waals surface area contributed by atoms with Crippen LogP contribution in [0.15, 0.2) is 0 Å². The molecule has 0 radical (unpaired) electrons. The quantitative estimate of drug-likeness (QED) is 0.731. The van der Waals surface area contributed by atoms with Gasteiger partial charge in [-0.25, -0.2) is 0 Å². The Labute approximate surface area is 93.6 Å². The van der Waals surface area contributed by atoms with Gasteiger partial charge < -0.3 is 10.6 Å². The molecule has 1 saturated carbocycles. The summed E-state index contributed by atoms with van der Waals surface area (Å²) in [6, 6.07) is 1.38. The van der Waals surface area contributed by atoms with Gasteiger partial charge >= 0.3 is 0 Å². The van der Waals surface area contributed by atoms with E-state index in [-0.39, 0.29) is 12.4 Å². The van der Waals surface area contributed by atoms with Crippen molar-refractivity contribution in [3.8, 4) is 0 Å². The van der Waals surface area contributed by atoms with Crippen LogP contribution in [0.2, 0.25) is 0 Å². The van der Waals surface area contributed by atoms with Crippen molar-refractivity contribution < 1.29 is 0 Å². The van der Waals surface area contributed by atoms with Crippen molar-refractivity contribution in [1.82, 2.24) is 4.90 Å². The van der Waals surface area contributed by atoms with Gasteiger partial charge in [-0.05, 0) is 51.6 Å². The fourth-order valence-corrected chi connectivity index (χ4v) is 2.75. The molecule has 0 amide bonds. The third-order valence-corrected chi connectivity index (χ3v) is 3.65. The fraction of sp³-hybridized carbons (Fsp3) is 1.00. The lowest BCUT2D eigenvalue weighted by Gasteiger charge is -2.38. The zero-order valence-corrected chi connectivity index (χ0v) is 9.77. The monoisotopic (exact) mass is 218 g/mol. The van der Waals surface area contributed by atoms with Crippen LogP contribution in [-0.4, -0.2) is 30.1 Å². The van der Waals surface area contributed by atoms with Crippen LogP contribution < -0.4 is 5.73 Å². The van der Waals surface area contributed by atoms with Gasteiger partial charge in [-0.15, -0.1) is 12.4 Å². The second-order valence-electron chi connectivity index (χ2n) is 4.67. The van der Waals surface area contributed by atoms with Crippen LogP contribution in [0.25, 0.3) is 0 Å². The van der Waals surface area contributed by atoms with Crippen LogP contribution in [0, 0.1) is 0 Å². The van der Waals surface area contributed by atoms with E-state index in [9.17, 15) is 0 Å². The van der Waals surface area contributed by atoms with E-state index in [0.29, 0.717) is 6.04 Å². The second kappa shape index (κ2) is 5.94. The van der Waals surface area contributed by atoms with Crippen molar-refractivity contribution in [2.45, 2.75) is 57.0 Å². The Morgan fingerprint density at radius 3 is 2.00 bits per heavy atom. The minimum absolute atomic E-state index is 0. The first-order valence-corrected chi connectivity index (χ1v) is 5.86. The highest BCUT2D eigenvalue weighted by Gasteiger charge is 2.24. The summed E-state index contributed by atoms with van der Waals surface area (Å²) in [5.74, 6) is 0. The van der Waals surface area contributed by atoms with Crippen molar-refractivity contribution in [2.24, 2.45) is 5.73 Å². The molecular formula is C11H23ClN2. The first-order valence-electron chi connectivity index (χ1n) is 5.86. The van der Waals surface area contributed by atoms with E-state index in [0.717, 1.165) is 6.04 Å². The van der Waals surface area contributed by atoms with E-state index in [4.69, 9.17) is 5.73 Å². The number of nitrogens with zero attached hydrogens (tertiary/aromatic N) is 1. The molecule has 2 nitrogen and oxygen atoms in total.